The Balaban J connectivity index is 2.51. The predicted molar refractivity (Wildman–Crippen MR) is 81.4 cm³/mol. The Labute approximate surface area is 116 Å². The molecule has 0 aliphatic rings. The molecule has 2 unspecified atom stereocenters. The van der Waals surface area contributed by atoms with Crippen LogP contribution < -0.4 is 17.2 Å². The van der Waals surface area contributed by atoms with E-state index in [1.807, 2.05) is 0 Å². The summed E-state index contributed by atoms with van der Waals surface area (Å²) in [7, 11) is 0. The van der Waals surface area contributed by atoms with Crippen LogP contribution in [-0.4, -0.2) is 9.97 Å². The molecule has 1 aromatic rings. The maximum atomic E-state index is 5.86. The topological polar surface area (TPSA) is 104 Å². The molecule has 0 bridgehead atoms. The quantitative estimate of drug-likeness (QED) is 0.703. The number of aromatic nitrogens is 2. The molecule has 0 aromatic carbocycles. The lowest BCUT2D eigenvalue weighted by atomic mass is 9.93. The molecule has 0 spiro atoms. The lowest BCUT2D eigenvalue weighted by Crippen LogP contribution is -2.11. The van der Waals surface area contributed by atoms with E-state index in [4.69, 9.17) is 17.2 Å². The monoisotopic (exact) mass is 265 g/mol. The van der Waals surface area contributed by atoms with Gasteiger partial charge in [0.25, 0.3) is 0 Å². The van der Waals surface area contributed by atoms with Crippen molar-refractivity contribution in [3.8, 4) is 0 Å². The van der Waals surface area contributed by atoms with Gasteiger partial charge in [0.05, 0.1) is 0 Å². The van der Waals surface area contributed by atoms with E-state index in [9.17, 15) is 0 Å². The van der Waals surface area contributed by atoms with Crippen molar-refractivity contribution in [2.24, 2.45) is 11.8 Å². The Kier molecular flexibility index (Phi) is 5.86. The van der Waals surface area contributed by atoms with Crippen molar-refractivity contribution in [1.82, 2.24) is 9.97 Å². The Bertz CT molecular complexity index is 382. The molecule has 1 aromatic heterocycles. The van der Waals surface area contributed by atoms with Gasteiger partial charge in [-0.1, -0.05) is 46.5 Å². The van der Waals surface area contributed by atoms with Gasteiger partial charge in [-0.05, 0) is 18.3 Å². The summed E-state index contributed by atoms with van der Waals surface area (Å²) in [5, 5.41) is 0. The van der Waals surface area contributed by atoms with Crippen molar-refractivity contribution in [1.29, 1.82) is 0 Å². The summed E-state index contributed by atoms with van der Waals surface area (Å²) in [6.45, 7) is 6.75. The second kappa shape index (κ2) is 7.16. The minimum Gasteiger partial charge on any atom is -0.383 e. The minimum atomic E-state index is 0.142. The van der Waals surface area contributed by atoms with E-state index >= 15 is 0 Å². The zero-order valence-electron chi connectivity index (χ0n) is 12.3. The van der Waals surface area contributed by atoms with Crippen LogP contribution >= 0.6 is 0 Å². The first kappa shape index (κ1) is 15.5. The smallest absolute Gasteiger partial charge is 0.223 e. The highest BCUT2D eigenvalue weighted by Crippen LogP contribution is 2.24. The third-order valence-corrected chi connectivity index (χ3v) is 3.73. The molecule has 0 saturated heterocycles. The van der Waals surface area contributed by atoms with Gasteiger partial charge in [-0.2, -0.15) is 9.97 Å². The molecule has 6 N–H and O–H groups in total. The van der Waals surface area contributed by atoms with E-state index in [-0.39, 0.29) is 5.95 Å². The molecule has 0 aliphatic carbocycles. The average Bonchev–Trinajstić information content (AvgIpc) is 2.33. The van der Waals surface area contributed by atoms with Crippen molar-refractivity contribution in [2.75, 3.05) is 17.2 Å². The molecule has 5 nitrogen and oxygen atoms in total. The van der Waals surface area contributed by atoms with E-state index in [2.05, 4.69) is 30.7 Å². The Morgan fingerprint density at radius 2 is 1.47 bits per heavy atom. The standard InChI is InChI=1S/C14H27N5/c1-4-9(2)6-5-7-10(3)8-11-12(15)18-14(17)19-13(11)16/h9-10H,4-8H2,1-3H3,(H6,15,16,17,18,19). The fourth-order valence-corrected chi connectivity index (χ4v) is 2.22. The first-order valence-corrected chi connectivity index (χ1v) is 7.11. The van der Waals surface area contributed by atoms with Gasteiger partial charge in [0.15, 0.2) is 0 Å². The summed E-state index contributed by atoms with van der Waals surface area (Å²) in [4.78, 5) is 7.95. The first-order chi connectivity index (χ1) is 8.93. The molecule has 0 amide bonds. The minimum absolute atomic E-state index is 0.142. The van der Waals surface area contributed by atoms with Gasteiger partial charge in [0.2, 0.25) is 5.95 Å². The van der Waals surface area contributed by atoms with E-state index < -0.39 is 0 Å². The maximum Gasteiger partial charge on any atom is 0.223 e. The maximum absolute atomic E-state index is 5.86. The van der Waals surface area contributed by atoms with Crippen LogP contribution in [0.15, 0.2) is 0 Å². The SMILES string of the molecule is CCC(C)CCCC(C)Cc1c(N)nc(N)nc1N. The molecule has 1 rings (SSSR count). The lowest BCUT2D eigenvalue weighted by Gasteiger charge is -2.15. The molecule has 0 radical (unpaired) electrons. The van der Waals surface area contributed by atoms with Crippen molar-refractivity contribution < 1.29 is 0 Å². The number of hydrogen-bond donors (Lipinski definition) is 3. The van der Waals surface area contributed by atoms with Gasteiger partial charge in [0.1, 0.15) is 11.6 Å². The molecule has 19 heavy (non-hydrogen) atoms. The van der Waals surface area contributed by atoms with Gasteiger partial charge in [0, 0.05) is 5.56 Å². The lowest BCUT2D eigenvalue weighted by molar-refractivity contribution is 0.433. The summed E-state index contributed by atoms with van der Waals surface area (Å²) in [5.41, 5.74) is 18.1. The van der Waals surface area contributed by atoms with E-state index in [0.717, 1.165) is 17.9 Å². The van der Waals surface area contributed by atoms with Crippen molar-refractivity contribution >= 4 is 17.6 Å². The van der Waals surface area contributed by atoms with E-state index in [1.54, 1.807) is 0 Å². The van der Waals surface area contributed by atoms with Crippen molar-refractivity contribution in [2.45, 2.75) is 52.9 Å². The van der Waals surface area contributed by atoms with Crippen molar-refractivity contribution in [3.05, 3.63) is 5.56 Å². The number of nitrogens with zero attached hydrogens (tertiary/aromatic N) is 2. The summed E-state index contributed by atoms with van der Waals surface area (Å²) in [6, 6.07) is 0. The van der Waals surface area contributed by atoms with E-state index in [1.165, 1.54) is 25.7 Å². The van der Waals surface area contributed by atoms with Crippen LogP contribution in [0.2, 0.25) is 0 Å². The van der Waals surface area contributed by atoms with Crippen LogP contribution in [0.5, 0.6) is 0 Å². The van der Waals surface area contributed by atoms with Crippen molar-refractivity contribution in [3.63, 3.8) is 0 Å². The fourth-order valence-electron chi connectivity index (χ4n) is 2.22. The predicted octanol–water partition coefficient (Wildman–Crippen LogP) is 2.62. The van der Waals surface area contributed by atoms with E-state index in [0.29, 0.717) is 17.6 Å². The fraction of sp³-hybridized carbons (Fsp3) is 0.714. The van der Waals surface area contributed by atoms with Gasteiger partial charge >= 0.3 is 0 Å². The second-order valence-corrected chi connectivity index (χ2v) is 5.58. The normalized spacial score (nSPS) is 14.3. The third-order valence-electron chi connectivity index (χ3n) is 3.73. The highest BCUT2D eigenvalue weighted by molar-refractivity contribution is 5.55. The zero-order valence-corrected chi connectivity index (χ0v) is 12.3. The van der Waals surface area contributed by atoms with Gasteiger partial charge in [-0.3, -0.25) is 0 Å². The summed E-state index contributed by atoms with van der Waals surface area (Å²) < 4.78 is 0. The molecular formula is C14H27N5. The molecule has 0 aliphatic heterocycles. The zero-order chi connectivity index (χ0) is 14.4. The largest absolute Gasteiger partial charge is 0.383 e. The Morgan fingerprint density at radius 3 is 2.00 bits per heavy atom. The molecule has 108 valence electrons. The number of nitrogen functional groups attached to an aromatic ring is 3. The van der Waals surface area contributed by atoms with Crippen LogP contribution in [0.1, 0.15) is 52.0 Å². The molecule has 5 heteroatoms. The third kappa shape index (κ3) is 4.93. The Morgan fingerprint density at radius 1 is 0.947 bits per heavy atom. The molecule has 1 heterocycles. The van der Waals surface area contributed by atoms with Gasteiger partial charge in [-0.15, -0.1) is 0 Å². The molecule has 0 saturated carbocycles. The second-order valence-electron chi connectivity index (χ2n) is 5.58. The van der Waals surface area contributed by atoms with Gasteiger partial charge < -0.3 is 17.2 Å². The van der Waals surface area contributed by atoms with Gasteiger partial charge in [-0.25, -0.2) is 0 Å². The Hall–Kier alpha value is -1.52. The molecule has 2 atom stereocenters. The van der Waals surface area contributed by atoms with Crippen LogP contribution in [0.25, 0.3) is 0 Å². The molecule has 0 fully saturated rings. The number of rotatable bonds is 7. The average molecular weight is 265 g/mol. The summed E-state index contributed by atoms with van der Waals surface area (Å²) >= 11 is 0. The summed E-state index contributed by atoms with van der Waals surface area (Å²) in [5.74, 6) is 2.31. The highest BCUT2D eigenvalue weighted by Gasteiger charge is 2.13. The van der Waals surface area contributed by atoms with Crippen LogP contribution in [0.4, 0.5) is 17.6 Å². The van der Waals surface area contributed by atoms with Crippen LogP contribution in [0, 0.1) is 11.8 Å². The number of anilines is 3. The van der Waals surface area contributed by atoms with Crippen LogP contribution in [-0.2, 0) is 6.42 Å². The number of hydrogen-bond acceptors (Lipinski definition) is 5. The highest BCUT2D eigenvalue weighted by atomic mass is 15.1. The first-order valence-electron chi connectivity index (χ1n) is 7.11. The number of nitrogens with two attached hydrogens (primary N) is 3. The van der Waals surface area contributed by atoms with Crippen LogP contribution in [0.3, 0.4) is 0 Å². The summed E-state index contributed by atoms with van der Waals surface area (Å²) in [6.07, 6.45) is 5.77. The molecular weight excluding hydrogens is 238 g/mol.